The minimum atomic E-state index is -3.18. The molecule has 0 aromatic heterocycles. The molecule has 0 atom stereocenters. The second-order valence-electron chi connectivity index (χ2n) is 5.73. The van der Waals surface area contributed by atoms with Crippen molar-refractivity contribution in [2.24, 2.45) is 0 Å². The van der Waals surface area contributed by atoms with E-state index in [0.29, 0.717) is 13.1 Å². The number of sulfonamides is 1. The van der Waals surface area contributed by atoms with E-state index in [0.717, 1.165) is 38.3 Å². The third-order valence-corrected chi connectivity index (χ3v) is 5.18. The Kier molecular flexibility index (Phi) is 5.75. The van der Waals surface area contributed by atoms with Gasteiger partial charge >= 0.3 is 0 Å². The third-order valence-electron chi connectivity index (χ3n) is 3.93. The Morgan fingerprint density at radius 1 is 1.10 bits per heavy atom. The van der Waals surface area contributed by atoms with Gasteiger partial charge in [0, 0.05) is 45.8 Å². The first kappa shape index (κ1) is 16.4. The van der Waals surface area contributed by atoms with Gasteiger partial charge in [-0.1, -0.05) is 30.3 Å². The summed E-state index contributed by atoms with van der Waals surface area (Å²) < 4.78 is 25.5. The van der Waals surface area contributed by atoms with Crippen molar-refractivity contribution in [1.29, 1.82) is 0 Å². The summed E-state index contributed by atoms with van der Waals surface area (Å²) in [5, 5.41) is 0. The molecule has 118 valence electrons. The molecule has 0 unspecified atom stereocenters. The largest absolute Gasteiger partial charge is 0.304 e. The number of hydrogen-bond donors (Lipinski definition) is 0. The van der Waals surface area contributed by atoms with Crippen molar-refractivity contribution in [1.82, 2.24) is 14.1 Å². The van der Waals surface area contributed by atoms with Crippen LogP contribution in [-0.2, 0) is 16.6 Å². The van der Waals surface area contributed by atoms with Crippen LogP contribution in [0.1, 0.15) is 5.56 Å². The van der Waals surface area contributed by atoms with E-state index in [9.17, 15) is 8.42 Å². The molecule has 6 heteroatoms. The first-order chi connectivity index (χ1) is 9.95. The number of hydrogen-bond acceptors (Lipinski definition) is 4. The molecule has 1 fully saturated rings. The standard InChI is InChI=1S/C15H25N3O2S/c1-16-8-10-17(11-9-16)12-13-18(21(2,19)20)14-15-6-4-3-5-7-15/h3-7H,8-14H2,1-2H3. The van der Waals surface area contributed by atoms with E-state index >= 15 is 0 Å². The highest BCUT2D eigenvalue weighted by Gasteiger charge is 2.20. The summed E-state index contributed by atoms with van der Waals surface area (Å²) in [6, 6.07) is 9.76. The van der Waals surface area contributed by atoms with E-state index in [1.807, 2.05) is 30.3 Å². The molecular weight excluding hydrogens is 286 g/mol. The number of piperazine rings is 1. The molecule has 2 rings (SSSR count). The summed E-state index contributed by atoms with van der Waals surface area (Å²) in [6.07, 6.45) is 1.29. The molecule has 0 spiro atoms. The predicted molar refractivity (Wildman–Crippen MR) is 85.6 cm³/mol. The maximum absolute atomic E-state index is 12.0. The van der Waals surface area contributed by atoms with Gasteiger partial charge in [0.2, 0.25) is 10.0 Å². The van der Waals surface area contributed by atoms with Gasteiger partial charge < -0.3 is 4.90 Å². The molecule has 5 nitrogen and oxygen atoms in total. The Labute approximate surface area is 128 Å². The lowest BCUT2D eigenvalue weighted by atomic mass is 10.2. The maximum atomic E-state index is 12.0. The Bertz CT molecular complexity index is 525. The number of nitrogens with zero attached hydrogens (tertiary/aromatic N) is 3. The molecule has 1 aromatic rings. The smallest absolute Gasteiger partial charge is 0.211 e. The summed E-state index contributed by atoms with van der Waals surface area (Å²) in [6.45, 7) is 5.94. The van der Waals surface area contributed by atoms with Crippen molar-refractivity contribution >= 4 is 10.0 Å². The Morgan fingerprint density at radius 2 is 1.71 bits per heavy atom. The molecule has 1 aromatic carbocycles. The number of rotatable bonds is 6. The number of benzene rings is 1. The van der Waals surface area contributed by atoms with Gasteiger partial charge in [-0.05, 0) is 12.6 Å². The van der Waals surface area contributed by atoms with Gasteiger partial charge in [0.15, 0.2) is 0 Å². The highest BCUT2D eigenvalue weighted by molar-refractivity contribution is 7.88. The molecule has 0 radical (unpaired) electrons. The van der Waals surface area contributed by atoms with Gasteiger partial charge in [-0.15, -0.1) is 0 Å². The molecule has 0 saturated carbocycles. The fourth-order valence-corrected chi connectivity index (χ4v) is 3.27. The fourth-order valence-electron chi connectivity index (χ4n) is 2.47. The van der Waals surface area contributed by atoms with E-state index in [2.05, 4.69) is 16.8 Å². The summed E-state index contributed by atoms with van der Waals surface area (Å²) in [5.41, 5.74) is 1.03. The van der Waals surface area contributed by atoms with Crippen LogP contribution < -0.4 is 0 Å². The van der Waals surface area contributed by atoms with Crippen molar-refractivity contribution in [2.75, 3.05) is 52.6 Å². The van der Waals surface area contributed by atoms with Gasteiger partial charge in [-0.25, -0.2) is 8.42 Å². The van der Waals surface area contributed by atoms with Crippen molar-refractivity contribution < 1.29 is 8.42 Å². The van der Waals surface area contributed by atoms with E-state index in [-0.39, 0.29) is 0 Å². The molecule has 0 amide bonds. The van der Waals surface area contributed by atoms with Crippen molar-refractivity contribution in [2.45, 2.75) is 6.54 Å². The van der Waals surface area contributed by atoms with Gasteiger partial charge in [0.1, 0.15) is 0 Å². The summed E-state index contributed by atoms with van der Waals surface area (Å²) in [5.74, 6) is 0. The summed E-state index contributed by atoms with van der Waals surface area (Å²) >= 11 is 0. The van der Waals surface area contributed by atoms with Crippen LogP contribution in [0.3, 0.4) is 0 Å². The van der Waals surface area contributed by atoms with Crippen LogP contribution in [-0.4, -0.2) is 75.1 Å². The molecule has 1 aliphatic rings. The van der Waals surface area contributed by atoms with Crippen molar-refractivity contribution in [3.63, 3.8) is 0 Å². The van der Waals surface area contributed by atoms with E-state index in [4.69, 9.17) is 0 Å². The molecule has 0 bridgehead atoms. The normalized spacial score (nSPS) is 18.2. The molecule has 0 N–H and O–H groups in total. The lowest BCUT2D eigenvalue weighted by Gasteiger charge is -2.33. The molecular formula is C15H25N3O2S. The second-order valence-corrected chi connectivity index (χ2v) is 7.71. The average Bonchev–Trinajstić information content (AvgIpc) is 2.45. The monoisotopic (exact) mass is 311 g/mol. The topological polar surface area (TPSA) is 43.9 Å². The quantitative estimate of drug-likeness (QED) is 0.775. The zero-order valence-corrected chi connectivity index (χ0v) is 13.7. The highest BCUT2D eigenvalue weighted by atomic mass is 32.2. The van der Waals surface area contributed by atoms with Crippen LogP contribution in [0.25, 0.3) is 0 Å². The Hall–Kier alpha value is -0.950. The van der Waals surface area contributed by atoms with Crippen molar-refractivity contribution in [3.05, 3.63) is 35.9 Å². The van der Waals surface area contributed by atoms with Gasteiger partial charge in [0.25, 0.3) is 0 Å². The number of likely N-dealkylation sites (N-methyl/N-ethyl adjacent to an activating group) is 1. The first-order valence-corrected chi connectivity index (χ1v) is 9.20. The van der Waals surface area contributed by atoms with E-state index in [1.165, 1.54) is 6.26 Å². The zero-order valence-electron chi connectivity index (χ0n) is 12.9. The Balaban J connectivity index is 1.91. The zero-order chi connectivity index (χ0) is 15.3. The minimum Gasteiger partial charge on any atom is -0.304 e. The van der Waals surface area contributed by atoms with Gasteiger partial charge in [-0.2, -0.15) is 4.31 Å². The average molecular weight is 311 g/mol. The van der Waals surface area contributed by atoms with Crippen LogP contribution in [0.2, 0.25) is 0 Å². The first-order valence-electron chi connectivity index (χ1n) is 7.35. The third kappa shape index (κ3) is 5.39. The fraction of sp³-hybridized carbons (Fsp3) is 0.600. The van der Waals surface area contributed by atoms with Crippen LogP contribution in [0.15, 0.2) is 30.3 Å². The van der Waals surface area contributed by atoms with Crippen LogP contribution >= 0.6 is 0 Å². The highest BCUT2D eigenvalue weighted by Crippen LogP contribution is 2.09. The lowest BCUT2D eigenvalue weighted by Crippen LogP contribution is -2.47. The Morgan fingerprint density at radius 3 is 2.29 bits per heavy atom. The van der Waals surface area contributed by atoms with Crippen LogP contribution in [0.4, 0.5) is 0 Å². The molecule has 1 saturated heterocycles. The summed E-state index contributed by atoms with van der Waals surface area (Å²) in [7, 11) is -1.06. The van der Waals surface area contributed by atoms with E-state index < -0.39 is 10.0 Å². The lowest BCUT2D eigenvalue weighted by molar-refractivity contribution is 0.147. The molecule has 0 aliphatic carbocycles. The molecule has 1 aliphatic heterocycles. The minimum absolute atomic E-state index is 0.452. The van der Waals surface area contributed by atoms with Crippen molar-refractivity contribution in [3.8, 4) is 0 Å². The van der Waals surface area contributed by atoms with Crippen LogP contribution in [0, 0.1) is 0 Å². The second kappa shape index (κ2) is 7.35. The van der Waals surface area contributed by atoms with Gasteiger partial charge in [-0.3, -0.25) is 4.90 Å². The summed E-state index contributed by atoms with van der Waals surface area (Å²) in [4.78, 5) is 4.64. The SMILES string of the molecule is CN1CCN(CCN(Cc2ccccc2)S(C)(=O)=O)CC1. The van der Waals surface area contributed by atoms with Crippen LogP contribution in [0.5, 0.6) is 0 Å². The van der Waals surface area contributed by atoms with E-state index in [1.54, 1.807) is 4.31 Å². The molecule has 21 heavy (non-hydrogen) atoms. The van der Waals surface area contributed by atoms with Gasteiger partial charge in [0.05, 0.1) is 6.26 Å². The molecule has 1 heterocycles. The maximum Gasteiger partial charge on any atom is 0.211 e. The predicted octanol–water partition coefficient (Wildman–Crippen LogP) is 0.696.